The topological polar surface area (TPSA) is 32.8 Å². The van der Waals surface area contributed by atoms with E-state index in [4.69, 9.17) is 4.74 Å². The van der Waals surface area contributed by atoms with Gasteiger partial charge in [-0.3, -0.25) is 4.79 Å². The molecule has 0 aliphatic heterocycles. The Hall–Kier alpha value is -1.88. The van der Waals surface area contributed by atoms with Gasteiger partial charge in [-0.25, -0.2) is 0 Å². The predicted octanol–water partition coefficient (Wildman–Crippen LogP) is 3.82. The molecule has 0 unspecified atom stereocenters. The van der Waals surface area contributed by atoms with Gasteiger partial charge in [0.1, 0.15) is 11.5 Å². The zero-order chi connectivity index (χ0) is 17.5. The van der Waals surface area contributed by atoms with Crippen molar-refractivity contribution in [1.29, 1.82) is 0 Å². The SMILES string of the molecule is CN(C)CC(CN(C)C)C(=O)c1ccc(Oc2ccccc2)cc1.Cl. The summed E-state index contributed by atoms with van der Waals surface area (Å²) in [5, 5.41) is 0. The average Bonchev–Trinajstić information content (AvgIpc) is 2.54. The number of carbonyl (C=O) groups is 1. The fraction of sp³-hybridized carbons (Fsp3) is 0.350. The summed E-state index contributed by atoms with van der Waals surface area (Å²) in [6.45, 7) is 1.47. The Morgan fingerprint density at radius 2 is 1.32 bits per heavy atom. The lowest BCUT2D eigenvalue weighted by atomic mass is 9.96. The first-order chi connectivity index (χ1) is 11.5. The van der Waals surface area contributed by atoms with E-state index in [1.54, 1.807) is 0 Å². The first kappa shape index (κ1) is 21.2. The third-order valence-corrected chi connectivity index (χ3v) is 3.66. The Labute approximate surface area is 156 Å². The van der Waals surface area contributed by atoms with E-state index in [9.17, 15) is 4.79 Å². The van der Waals surface area contributed by atoms with Crippen LogP contribution in [0.4, 0.5) is 0 Å². The Bertz CT molecular complexity index is 633. The minimum Gasteiger partial charge on any atom is -0.457 e. The first-order valence-electron chi connectivity index (χ1n) is 8.12. The second kappa shape index (κ2) is 10.2. The molecule has 0 radical (unpaired) electrons. The average molecular weight is 363 g/mol. The van der Waals surface area contributed by atoms with Crippen LogP contribution in [0.2, 0.25) is 0 Å². The maximum absolute atomic E-state index is 12.8. The molecule has 136 valence electrons. The molecular formula is C20H27ClN2O2. The highest BCUT2D eigenvalue weighted by Crippen LogP contribution is 2.22. The molecule has 2 aromatic carbocycles. The number of rotatable bonds is 8. The zero-order valence-corrected chi connectivity index (χ0v) is 16.1. The molecule has 0 saturated heterocycles. The quantitative estimate of drug-likeness (QED) is 0.668. The van der Waals surface area contributed by atoms with Crippen LogP contribution in [-0.2, 0) is 0 Å². The Balaban J connectivity index is 0.00000312. The first-order valence-corrected chi connectivity index (χ1v) is 8.12. The molecule has 0 spiro atoms. The summed E-state index contributed by atoms with van der Waals surface area (Å²) in [6.07, 6.45) is 0. The third-order valence-electron chi connectivity index (χ3n) is 3.66. The van der Waals surface area contributed by atoms with Gasteiger partial charge >= 0.3 is 0 Å². The Morgan fingerprint density at radius 3 is 1.80 bits per heavy atom. The van der Waals surface area contributed by atoms with Crippen LogP contribution in [0.3, 0.4) is 0 Å². The van der Waals surface area contributed by atoms with Gasteiger partial charge < -0.3 is 14.5 Å². The molecule has 0 N–H and O–H groups in total. The van der Waals surface area contributed by atoms with Crippen molar-refractivity contribution in [2.45, 2.75) is 0 Å². The van der Waals surface area contributed by atoms with Crippen molar-refractivity contribution in [3.8, 4) is 11.5 Å². The van der Waals surface area contributed by atoms with E-state index in [1.807, 2.05) is 82.8 Å². The van der Waals surface area contributed by atoms with E-state index < -0.39 is 0 Å². The minimum absolute atomic E-state index is 0. The molecule has 0 bridgehead atoms. The number of carbonyl (C=O) groups excluding carboxylic acids is 1. The fourth-order valence-electron chi connectivity index (χ4n) is 2.65. The van der Waals surface area contributed by atoms with E-state index >= 15 is 0 Å². The number of ether oxygens (including phenoxy) is 1. The predicted molar refractivity (Wildman–Crippen MR) is 105 cm³/mol. The third kappa shape index (κ3) is 6.86. The lowest BCUT2D eigenvalue weighted by Gasteiger charge is -2.23. The molecule has 0 aliphatic carbocycles. The maximum atomic E-state index is 12.8. The van der Waals surface area contributed by atoms with Crippen LogP contribution in [0, 0.1) is 5.92 Å². The largest absolute Gasteiger partial charge is 0.457 e. The molecule has 4 nitrogen and oxygen atoms in total. The molecule has 0 aromatic heterocycles. The number of hydrogen-bond donors (Lipinski definition) is 0. The number of ketones is 1. The summed E-state index contributed by atoms with van der Waals surface area (Å²) < 4.78 is 5.77. The number of Topliss-reactive ketones (excluding diaryl/α,β-unsaturated/α-hetero) is 1. The number of nitrogens with zero attached hydrogens (tertiary/aromatic N) is 2. The van der Waals surface area contributed by atoms with Gasteiger partial charge in [-0.1, -0.05) is 18.2 Å². The van der Waals surface area contributed by atoms with Crippen molar-refractivity contribution in [1.82, 2.24) is 9.80 Å². The van der Waals surface area contributed by atoms with Crippen LogP contribution in [0.1, 0.15) is 10.4 Å². The van der Waals surface area contributed by atoms with Gasteiger partial charge in [0.25, 0.3) is 0 Å². The van der Waals surface area contributed by atoms with Gasteiger partial charge in [0.2, 0.25) is 0 Å². The highest BCUT2D eigenvalue weighted by atomic mass is 35.5. The lowest BCUT2D eigenvalue weighted by molar-refractivity contribution is 0.0871. The van der Waals surface area contributed by atoms with Gasteiger partial charge in [0.15, 0.2) is 5.78 Å². The van der Waals surface area contributed by atoms with Crippen molar-refractivity contribution in [3.63, 3.8) is 0 Å². The van der Waals surface area contributed by atoms with Crippen LogP contribution >= 0.6 is 12.4 Å². The van der Waals surface area contributed by atoms with Crippen LogP contribution in [-0.4, -0.2) is 56.9 Å². The van der Waals surface area contributed by atoms with Crippen molar-refractivity contribution in [3.05, 3.63) is 60.2 Å². The van der Waals surface area contributed by atoms with Gasteiger partial charge in [0, 0.05) is 24.6 Å². The highest BCUT2D eigenvalue weighted by molar-refractivity contribution is 5.98. The molecule has 2 rings (SSSR count). The van der Waals surface area contributed by atoms with Gasteiger partial charge in [-0.2, -0.15) is 0 Å². The second-order valence-corrected chi connectivity index (χ2v) is 6.53. The van der Waals surface area contributed by atoms with E-state index in [1.165, 1.54) is 0 Å². The van der Waals surface area contributed by atoms with E-state index in [0.29, 0.717) is 0 Å². The van der Waals surface area contributed by atoms with Gasteiger partial charge in [0.05, 0.1) is 0 Å². The molecule has 0 fully saturated rings. The summed E-state index contributed by atoms with van der Waals surface area (Å²) in [5.74, 6) is 1.64. The number of benzene rings is 2. The molecule has 5 heteroatoms. The smallest absolute Gasteiger partial charge is 0.168 e. The van der Waals surface area contributed by atoms with Gasteiger partial charge in [-0.05, 0) is 64.6 Å². The number of halogens is 1. The summed E-state index contributed by atoms with van der Waals surface area (Å²) in [5.41, 5.74) is 0.726. The second-order valence-electron chi connectivity index (χ2n) is 6.53. The molecule has 25 heavy (non-hydrogen) atoms. The molecular weight excluding hydrogens is 336 g/mol. The maximum Gasteiger partial charge on any atom is 0.168 e. The van der Waals surface area contributed by atoms with Crippen molar-refractivity contribution in [2.24, 2.45) is 5.92 Å². The lowest BCUT2D eigenvalue weighted by Crippen LogP contribution is -2.35. The van der Waals surface area contributed by atoms with Crippen LogP contribution in [0.25, 0.3) is 0 Å². The molecule has 0 atom stereocenters. The van der Waals surface area contributed by atoms with E-state index in [0.717, 1.165) is 30.2 Å². The summed E-state index contributed by atoms with van der Waals surface area (Å²) in [6, 6.07) is 17.0. The normalized spacial score (nSPS) is 10.8. The summed E-state index contributed by atoms with van der Waals surface area (Å²) in [7, 11) is 7.97. The molecule has 0 heterocycles. The Morgan fingerprint density at radius 1 is 0.840 bits per heavy atom. The number of para-hydroxylation sites is 1. The summed E-state index contributed by atoms with van der Waals surface area (Å²) in [4.78, 5) is 16.9. The molecule has 0 saturated carbocycles. The van der Waals surface area contributed by atoms with Crippen molar-refractivity contribution < 1.29 is 9.53 Å². The van der Waals surface area contributed by atoms with E-state index in [-0.39, 0.29) is 24.1 Å². The van der Waals surface area contributed by atoms with Gasteiger partial charge in [-0.15, -0.1) is 12.4 Å². The number of hydrogen-bond acceptors (Lipinski definition) is 4. The van der Waals surface area contributed by atoms with Crippen LogP contribution in [0.5, 0.6) is 11.5 Å². The standard InChI is InChI=1S/C20H26N2O2.ClH/c1-21(2)14-17(15-22(3)4)20(23)16-10-12-19(13-11-16)24-18-8-6-5-7-9-18;/h5-13,17H,14-15H2,1-4H3;1H. The molecule has 0 amide bonds. The molecule has 2 aromatic rings. The fourth-order valence-corrected chi connectivity index (χ4v) is 2.65. The summed E-state index contributed by atoms with van der Waals surface area (Å²) >= 11 is 0. The Kier molecular flexibility index (Phi) is 8.62. The zero-order valence-electron chi connectivity index (χ0n) is 15.3. The highest BCUT2D eigenvalue weighted by Gasteiger charge is 2.21. The minimum atomic E-state index is -0.0455. The van der Waals surface area contributed by atoms with E-state index in [2.05, 4.69) is 9.80 Å². The van der Waals surface area contributed by atoms with Crippen molar-refractivity contribution in [2.75, 3.05) is 41.3 Å². The van der Waals surface area contributed by atoms with Crippen molar-refractivity contribution >= 4 is 18.2 Å². The molecule has 0 aliphatic rings. The monoisotopic (exact) mass is 362 g/mol. The van der Waals surface area contributed by atoms with Crippen LogP contribution in [0.15, 0.2) is 54.6 Å². The van der Waals surface area contributed by atoms with Crippen LogP contribution < -0.4 is 4.74 Å².